The van der Waals surface area contributed by atoms with Gasteiger partial charge in [-0.15, -0.1) is 0 Å². The van der Waals surface area contributed by atoms with Crippen molar-refractivity contribution in [3.8, 4) is 22.6 Å². The highest BCUT2D eigenvalue weighted by Crippen LogP contribution is 2.40. The zero-order chi connectivity index (χ0) is 25.4. The summed E-state index contributed by atoms with van der Waals surface area (Å²) in [4.78, 5) is 29.2. The van der Waals surface area contributed by atoms with Crippen molar-refractivity contribution >= 4 is 34.1 Å². The average Bonchev–Trinajstić information content (AvgIpc) is 3.33. The van der Waals surface area contributed by atoms with Crippen molar-refractivity contribution in [1.29, 1.82) is 0 Å². The molecule has 1 aliphatic rings. The molecule has 1 N–H and O–H groups in total. The second kappa shape index (κ2) is 9.51. The Morgan fingerprint density at radius 2 is 1.78 bits per heavy atom. The minimum Gasteiger partial charge on any atom is -0.497 e. The molecule has 3 aromatic carbocycles. The third-order valence-corrected chi connectivity index (χ3v) is 6.63. The number of nitrogens with zero attached hydrogens (tertiary/aromatic N) is 2. The summed E-state index contributed by atoms with van der Waals surface area (Å²) in [7, 11) is 3.15. The molecule has 0 saturated heterocycles. The van der Waals surface area contributed by atoms with Gasteiger partial charge in [0.2, 0.25) is 5.91 Å². The number of hydrogen-bond donors (Lipinski definition) is 1. The van der Waals surface area contributed by atoms with Crippen LogP contribution in [0.4, 0.5) is 0 Å². The molecule has 36 heavy (non-hydrogen) atoms. The number of rotatable bonds is 5. The average molecular weight is 502 g/mol. The fourth-order valence-electron chi connectivity index (χ4n) is 4.72. The lowest BCUT2D eigenvalue weighted by atomic mass is 9.91. The maximum absolute atomic E-state index is 13.5. The summed E-state index contributed by atoms with van der Waals surface area (Å²) >= 11 is 6.15. The molecule has 1 atom stereocenters. The van der Waals surface area contributed by atoms with Crippen molar-refractivity contribution in [1.82, 2.24) is 9.99 Å². The SMILES string of the molecule is COc1ccc(C2CC(c3c(-c4ccc(Cl)cc4)c4ccccc4[nH]c3=O)=NN2C(C)=O)c(OC)c1. The molecule has 0 spiro atoms. The molecule has 0 fully saturated rings. The summed E-state index contributed by atoms with van der Waals surface area (Å²) in [5.41, 5.74) is 3.74. The van der Waals surface area contributed by atoms with E-state index in [9.17, 15) is 9.59 Å². The first-order chi connectivity index (χ1) is 17.4. The number of methoxy groups -OCH3 is 2. The first kappa shape index (κ1) is 23.6. The van der Waals surface area contributed by atoms with Gasteiger partial charge < -0.3 is 14.5 Å². The lowest BCUT2D eigenvalue weighted by Gasteiger charge is -2.22. The number of halogens is 1. The molecule has 0 radical (unpaired) electrons. The van der Waals surface area contributed by atoms with E-state index < -0.39 is 6.04 Å². The first-order valence-corrected chi connectivity index (χ1v) is 11.8. The second-order valence-corrected chi connectivity index (χ2v) is 8.93. The van der Waals surface area contributed by atoms with Crippen LogP contribution < -0.4 is 15.0 Å². The van der Waals surface area contributed by atoms with E-state index in [1.807, 2.05) is 48.5 Å². The number of H-pyrrole nitrogens is 1. The minimum atomic E-state index is -0.442. The molecular weight excluding hydrogens is 478 g/mol. The number of para-hydroxylation sites is 1. The van der Waals surface area contributed by atoms with Crippen molar-refractivity contribution in [2.45, 2.75) is 19.4 Å². The highest BCUT2D eigenvalue weighted by molar-refractivity contribution is 6.30. The second-order valence-electron chi connectivity index (χ2n) is 8.49. The molecular formula is C28H24ClN3O4. The Bertz CT molecular complexity index is 1560. The number of carbonyl (C=O) groups is 1. The van der Waals surface area contributed by atoms with Crippen molar-refractivity contribution in [2.24, 2.45) is 5.10 Å². The van der Waals surface area contributed by atoms with Crippen LogP contribution in [-0.4, -0.2) is 35.8 Å². The Morgan fingerprint density at radius 3 is 2.47 bits per heavy atom. The number of benzene rings is 3. The minimum absolute atomic E-state index is 0.238. The lowest BCUT2D eigenvalue weighted by Crippen LogP contribution is -2.24. The molecule has 4 aromatic rings. The number of aromatic amines is 1. The van der Waals surface area contributed by atoms with E-state index in [4.69, 9.17) is 21.1 Å². The van der Waals surface area contributed by atoms with Crippen LogP contribution in [-0.2, 0) is 4.79 Å². The molecule has 0 aliphatic carbocycles. The summed E-state index contributed by atoms with van der Waals surface area (Å²) in [6.07, 6.45) is 0.338. The molecule has 1 aromatic heterocycles. The van der Waals surface area contributed by atoms with Crippen LogP contribution in [0.3, 0.4) is 0 Å². The molecule has 182 valence electrons. The third-order valence-electron chi connectivity index (χ3n) is 6.38. The van der Waals surface area contributed by atoms with Gasteiger partial charge in [-0.05, 0) is 35.9 Å². The van der Waals surface area contributed by atoms with Crippen LogP contribution in [0, 0.1) is 0 Å². The number of ether oxygens (including phenoxy) is 2. The summed E-state index contributed by atoms with van der Waals surface area (Å²) < 4.78 is 10.9. The fraction of sp³-hybridized carbons (Fsp3) is 0.179. The van der Waals surface area contributed by atoms with E-state index in [0.29, 0.717) is 39.7 Å². The highest BCUT2D eigenvalue weighted by atomic mass is 35.5. The Hall–Kier alpha value is -4.10. The third kappa shape index (κ3) is 4.12. The zero-order valence-corrected chi connectivity index (χ0v) is 20.8. The Labute approximate surface area is 212 Å². The van der Waals surface area contributed by atoms with Gasteiger partial charge >= 0.3 is 0 Å². The maximum atomic E-state index is 13.5. The Morgan fingerprint density at radius 1 is 1.03 bits per heavy atom. The molecule has 5 rings (SSSR count). The molecule has 1 unspecified atom stereocenters. The van der Waals surface area contributed by atoms with Gasteiger partial charge in [-0.3, -0.25) is 9.59 Å². The molecule has 2 heterocycles. The Kier molecular flexibility index (Phi) is 6.24. The van der Waals surface area contributed by atoms with E-state index in [2.05, 4.69) is 10.1 Å². The van der Waals surface area contributed by atoms with Gasteiger partial charge in [0, 0.05) is 46.5 Å². The monoisotopic (exact) mass is 501 g/mol. The van der Waals surface area contributed by atoms with Crippen LogP contribution in [0.2, 0.25) is 5.02 Å². The van der Waals surface area contributed by atoms with Crippen LogP contribution in [0.25, 0.3) is 22.0 Å². The molecule has 8 heteroatoms. The van der Waals surface area contributed by atoms with Gasteiger partial charge in [0.25, 0.3) is 5.56 Å². The molecule has 1 amide bonds. The quantitative estimate of drug-likeness (QED) is 0.388. The van der Waals surface area contributed by atoms with Crippen LogP contribution in [0.5, 0.6) is 11.5 Å². The number of hydrazone groups is 1. The summed E-state index contributed by atoms with van der Waals surface area (Å²) in [6, 6.07) is 20.0. The number of amides is 1. The van der Waals surface area contributed by atoms with E-state index in [0.717, 1.165) is 22.1 Å². The molecule has 0 bridgehead atoms. The molecule has 0 saturated carbocycles. The number of carbonyl (C=O) groups excluding carboxylic acids is 1. The van der Waals surface area contributed by atoms with E-state index in [1.165, 1.54) is 11.9 Å². The van der Waals surface area contributed by atoms with Crippen LogP contribution >= 0.6 is 11.6 Å². The topological polar surface area (TPSA) is 84.0 Å². The number of nitrogens with one attached hydrogen (secondary N) is 1. The van der Waals surface area contributed by atoms with Crippen molar-refractivity contribution < 1.29 is 14.3 Å². The maximum Gasteiger partial charge on any atom is 0.258 e. The van der Waals surface area contributed by atoms with E-state index in [-0.39, 0.29) is 11.5 Å². The molecule has 7 nitrogen and oxygen atoms in total. The van der Waals surface area contributed by atoms with Crippen molar-refractivity contribution in [2.75, 3.05) is 14.2 Å². The number of hydrogen-bond acceptors (Lipinski definition) is 5. The highest BCUT2D eigenvalue weighted by Gasteiger charge is 2.35. The number of aromatic nitrogens is 1. The largest absolute Gasteiger partial charge is 0.497 e. The van der Waals surface area contributed by atoms with E-state index in [1.54, 1.807) is 32.4 Å². The van der Waals surface area contributed by atoms with Crippen molar-refractivity contribution in [3.05, 3.63) is 93.2 Å². The summed E-state index contributed by atoms with van der Waals surface area (Å²) in [6.45, 7) is 1.46. The summed E-state index contributed by atoms with van der Waals surface area (Å²) in [5, 5.41) is 7.56. The van der Waals surface area contributed by atoms with E-state index >= 15 is 0 Å². The smallest absolute Gasteiger partial charge is 0.258 e. The predicted octanol–water partition coefficient (Wildman–Crippen LogP) is 5.56. The lowest BCUT2D eigenvalue weighted by molar-refractivity contribution is -0.130. The first-order valence-electron chi connectivity index (χ1n) is 11.4. The zero-order valence-electron chi connectivity index (χ0n) is 20.0. The van der Waals surface area contributed by atoms with Crippen LogP contribution in [0.15, 0.2) is 76.6 Å². The standard InChI is InChI=1S/C28H24ClN3O4/c1-16(33)32-24(21-13-12-19(35-2)14-25(21)36-3)15-23(31-32)27-26(17-8-10-18(29)11-9-17)20-6-4-5-7-22(20)30-28(27)34/h4-14,24H,15H2,1-3H3,(H,30,34). The fourth-order valence-corrected chi connectivity index (χ4v) is 4.85. The number of fused-ring (bicyclic) bond motifs is 1. The van der Waals surface area contributed by atoms with Crippen molar-refractivity contribution in [3.63, 3.8) is 0 Å². The normalized spacial score (nSPS) is 15.2. The number of pyridine rings is 1. The van der Waals surface area contributed by atoms with Gasteiger partial charge in [0.1, 0.15) is 11.5 Å². The van der Waals surface area contributed by atoms with Gasteiger partial charge in [0.15, 0.2) is 0 Å². The van der Waals surface area contributed by atoms with Crippen LogP contribution in [0.1, 0.15) is 30.5 Å². The van der Waals surface area contributed by atoms with Gasteiger partial charge in [-0.25, -0.2) is 5.01 Å². The van der Waals surface area contributed by atoms with Gasteiger partial charge in [0.05, 0.1) is 31.5 Å². The Balaban J connectivity index is 1.70. The summed E-state index contributed by atoms with van der Waals surface area (Å²) in [5.74, 6) is 0.977. The van der Waals surface area contributed by atoms with Gasteiger partial charge in [-0.2, -0.15) is 5.10 Å². The molecule has 1 aliphatic heterocycles. The van der Waals surface area contributed by atoms with Gasteiger partial charge in [-0.1, -0.05) is 41.9 Å². The predicted molar refractivity (Wildman–Crippen MR) is 141 cm³/mol.